The Labute approximate surface area is 54.3 Å². The summed E-state index contributed by atoms with van der Waals surface area (Å²) < 4.78 is 0. The Morgan fingerprint density at radius 3 is 1.75 bits per heavy atom. The monoisotopic (exact) mass is 135 g/mol. The molecule has 0 atom stereocenters. The van der Waals surface area contributed by atoms with Crippen molar-refractivity contribution in [3.63, 3.8) is 0 Å². The van der Waals surface area contributed by atoms with Gasteiger partial charge in [0.15, 0.2) is 0 Å². The van der Waals surface area contributed by atoms with Crippen molar-refractivity contribution in [2.24, 2.45) is 5.73 Å². The molecule has 1 amide bonds. The first-order valence-electron chi connectivity index (χ1n) is 1.97. The zero-order valence-corrected chi connectivity index (χ0v) is 5.83. The van der Waals surface area contributed by atoms with Gasteiger partial charge < -0.3 is 5.73 Å². The van der Waals surface area contributed by atoms with Crippen LogP contribution in [0.4, 0.5) is 0 Å². The zero-order chi connectivity index (χ0) is 7.15. The van der Waals surface area contributed by atoms with Crippen LogP contribution in [0.25, 0.3) is 0 Å². The smallest absolute Gasteiger partial charge is 0.243 e. The number of amides is 1. The van der Waals surface area contributed by atoms with Gasteiger partial charge >= 0.3 is 0 Å². The van der Waals surface area contributed by atoms with E-state index < -0.39 is 5.91 Å². The number of halogens is 1. The minimum Gasteiger partial charge on any atom is -0.366 e. The second kappa shape index (κ2) is 6.50. The average Bonchev–Trinajstić information content (AvgIpc) is 1.72. The van der Waals surface area contributed by atoms with Crippen molar-refractivity contribution in [3.05, 3.63) is 12.2 Å². The summed E-state index contributed by atoms with van der Waals surface area (Å²) in [4.78, 5) is 9.82. The molecule has 3 heteroatoms. The fraction of sp³-hybridized carbons (Fsp3) is 0.400. The Kier molecular flexibility index (Phi) is 8.51. The molecule has 0 heterocycles. The molecule has 0 saturated carbocycles. The van der Waals surface area contributed by atoms with Crippen molar-refractivity contribution in [3.8, 4) is 0 Å². The van der Waals surface area contributed by atoms with Gasteiger partial charge in [-0.2, -0.15) is 0 Å². The number of rotatable bonds is 1. The Hall–Kier alpha value is -0.500. The SMILES string of the molecule is C=C(C)C(N)=O.CCl. The molecule has 0 unspecified atom stereocenters. The van der Waals surface area contributed by atoms with E-state index in [0.29, 0.717) is 5.57 Å². The van der Waals surface area contributed by atoms with Crippen LogP contribution in [-0.2, 0) is 4.79 Å². The van der Waals surface area contributed by atoms with E-state index in [2.05, 4.69) is 18.2 Å². The molecule has 2 nitrogen and oxygen atoms in total. The third kappa shape index (κ3) is 9.09. The van der Waals surface area contributed by atoms with Gasteiger partial charge in [-0.3, -0.25) is 4.79 Å². The fourth-order valence-corrected chi connectivity index (χ4v) is 0. The van der Waals surface area contributed by atoms with Crippen molar-refractivity contribution in [2.45, 2.75) is 6.92 Å². The molecule has 8 heavy (non-hydrogen) atoms. The van der Waals surface area contributed by atoms with Gasteiger partial charge in [0.2, 0.25) is 5.91 Å². The quantitative estimate of drug-likeness (QED) is 0.422. The average molecular weight is 136 g/mol. The van der Waals surface area contributed by atoms with Crippen LogP contribution >= 0.6 is 11.6 Å². The molecule has 48 valence electrons. The van der Waals surface area contributed by atoms with Gasteiger partial charge in [-0.05, 0) is 6.92 Å². The number of hydrogen-bond acceptors (Lipinski definition) is 1. The Balaban J connectivity index is 0. The van der Waals surface area contributed by atoms with E-state index in [1.54, 1.807) is 6.92 Å². The Morgan fingerprint density at radius 2 is 1.75 bits per heavy atom. The molecule has 0 spiro atoms. The predicted molar refractivity (Wildman–Crippen MR) is 35.8 cm³/mol. The lowest BCUT2D eigenvalue weighted by Gasteiger charge is -1.81. The van der Waals surface area contributed by atoms with Gasteiger partial charge in [-0.1, -0.05) is 6.58 Å². The summed E-state index contributed by atoms with van der Waals surface area (Å²) in [6.45, 7) is 4.85. The largest absolute Gasteiger partial charge is 0.366 e. The second-order valence-corrected chi connectivity index (χ2v) is 1.14. The standard InChI is InChI=1S/C4H7NO.CH3Cl/c1-3(2)4(5)6;1-2/h1H2,2H3,(H2,5,6);1H3. The summed E-state index contributed by atoms with van der Waals surface area (Å²) >= 11 is 4.64. The topological polar surface area (TPSA) is 43.1 Å². The third-order valence-electron chi connectivity index (χ3n) is 0.421. The number of nitrogens with two attached hydrogens (primary N) is 1. The first kappa shape index (κ1) is 10.5. The van der Waals surface area contributed by atoms with Crippen LogP contribution < -0.4 is 5.73 Å². The van der Waals surface area contributed by atoms with Crippen LogP contribution in [0.2, 0.25) is 0 Å². The highest BCUT2D eigenvalue weighted by molar-refractivity contribution is 6.15. The Bertz CT molecular complexity index is 78.4. The van der Waals surface area contributed by atoms with Crippen molar-refractivity contribution < 1.29 is 4.79 Å². The summed E-state index contributed by atoms with van der Waals surface area (Å²) in [5.74, 6) is -0.435. The molecule has 0 aliphatic carbocycles. The molecule has 0 rings (SSSR count). The van der Waals surface area contributed by atoms with Crippen molar-refractivity contribution in [2.75, 3.05) is 6.38 Å². The molecule has 0 aromatic carbocycles. The van der Waals surface area contributed by atoms with E-state index >= 15 is 0 Å². The van der Waals surface area contributed by atoms with Gasteiger partial charge in [0.05, 0.1) is 0 Å². The van der Waals surface area contributed by atoms with Crippen LogP contribution in [0.15, 0.2) is 12.2 Å². The molecule has 0 aliphatic heterocycles. The fourth-order valence-electron chi connectivity index (χ4n) is 0. The lowest BCUT2D eigenvalue weighted by Crippen LogP contribution is -2.10. The molecule has 0 saturated heterocycles. The zero-order valence-electron chi connectivity index (χ0n) is 5.07. The molecule has 2 N–H and O–H groups in total. The van der Waals surface area contributed by atoms with Crippen LogP contribution in [-0.4, -0.2) is 12.3 Å². The van der Waals surface area contributed by atoms with E-state index in [1.807, 2.05) is 0 Å². The summed E-state index contributed by atoms with van der Waals surface area (Å²) in [6, 6.07) is 0. The van der Waals surface area contributed by atoms with Crippen LogP contribution in [0.1, 0.15) is 6.92 Å². The van der Waals surface area contributed by atoms with Crippen molar-refractivity contribution in [1.82, 2.24) is 0 Å². The highest BCUT2D eigenvalue weighted by Gasteiger charge is 1.86. The summed E-state index contributed by atoms with van der Waals surface area (Å²) in [5, 5.41) is 0. The number of carbonyl (C=O) groups excluding carboxylic acids is 1. The van der Waals surface area contributed by atoms with Crippen molar-refractivity contribution in [1.29, 1.82) is 0 Å². The molecule has 0 aromatic rings. The van der Waals surface area contributed by atoms with Gasteiger partial charge in [0.25, 0.3) is 0 Å². The van der Waals surface area contributed by atoms with E-state index in [1.165, 1.54) is 6.38 Å². The Morgan fingerprint density at radius 1 is 1.62 bits per heavy atom. The molecule has 0 aliphatic rings. The van der Waals surface area contributed by atoms with E-state index in [0.717, 1.165) is 0 Å². The molecule has 0 fully saturated rings. The molecular weight excluding hydrogens is 126 g/mol. The summed E-state index contributed by atoms with van der Waals surface area (Å²) in [7, 11) is 0. The van der Waals surface area contributed by atoms with E-state index in [9.17, 15) is 4.79 Å². The highest BCUT2D eigenvalue weighted by Crippen LogP contribution is 1.78. The van der Waals surface area contributed by atoms with E-state index in [4.69, 9.17) is 5.73 Å². The highest BCUT2D eigenvalue weighted by atomic mass is 35.5. The van der Waals surface area contributed by atoms with Gasteiger partial charge in [-0.15, -0.1) is 11.6 Å². The van der Waals surface area contributed by atoms with Crippen molar-refractivity contribution >= 4 is 17.5 Å². The van der Waals surface area contributed by atoms with Crippen LogP contribution in [0, 0.1) is 0 Å². The third-order valence-corrected chi connectivity index (χ3v) is 0.421. The van der Waals surface area contributed by atoms with Crippen LogP contribution in [0.3, 0.4) is 0 Å². The lowest BCUT2D eigenvalue weighted by molar-refractivity contribution is -0.114. The number of carbonyl (C=O) groups is 1. The maximum Gasteiger partial charge on any atom is 0.243 e. The molecule has 0 aromatic heterocycles. The molecule has 0 radical (unpaired) electrons. The number of alkyl halides is 1. The molecular formula is C5H10ClNO. The predicted octanol–water partition coefficient (Wildman–Crippen LogP) is 0.903. The first-order valence-corrected chi connectivity index (χ1v) is 2.73. The van der Waals surface area contributed by atoms with E-state index in [-0.39, 0.29) is 0 Å². The second-order valence-electron chi connectivity index (χ2n) is 1.14. The first-order chi connectivity index (χ1) is 3.64. The number of hydrogen-bond donors (Lipinski definition) is 1. The minimum atomic E-state index is -0.435. The van der Waals surface area contributed by atoms with Crippen LogP contribution in [0.5, 0.6) is 0 Å². The summed E-state index contributed by atoms with van der Waals surface area (Å²) in [6.07, 6.45) is 1.47. The normalized spacial score (nSPS) is 6.38. The molecule has 0 bridgehead atoms. The number of primary amides is 1. The van der Waals surface area contributed by atoms with Gasteiger partial charge in [0.1, 0.15) is 0 Å². The summed E-state index contributed by atoms with van der Waals surface area (Å²) in [5.41, 5.74) is 5.09. The minimum absolute atomic E-state index is 0.398. The van der Waals surface area contributed by atoms with Gasteiger partial charge in [0, 0.05) is 12.0 Å². The van der Waals surface area contributed by atoms with Gasteiger partial charge in [-0.25, -0.2) is 0 Å². The lowest BCUT2D eigenvalue weighted by atomic mass is 10.3. The maximum absolute atomic E-state index is 9.82. The maximum atomic E-state index is 9.82.